The maximum atomic E-state index is 12.0. The average molecular weight is 237 g/mol. The van der Waals surface area contributed by atoms with Gasteiger partial charge in [-0.1, -0.05) is 12.8 Å². The lowest BCUT2D eigenvalue weighted by atomic mass is 9.79. The van der Waals surface area contributed by atoms with Crippen molar-refractivity contribution >= 4 is 5.91 Å². The van der Waals surface area contributed by atoms with E-state index in [1.165, 1.54) is 0 Å². The summed E-state index contributed by atoms with van der Waals surface area (Å²) in [6, 6.07) is 3.64. The van der Waals surface area contributed by atoms with E-state index in [0.717, 1.165) is 31.4 Å². The number of carbonyl (C=O) groups is 1. The number of nitrogens with one attached hydrogen (secondary N) is 1. The highest BCUT2D eigenvalue weighted by molar-refractivity contribution is 5.79. The molecule has 0 saturated heterocycles. The Morgan fingerprint density at radius 1 is 1.47 bits per heavy atom. The van der Waals surface area contributed by atoms with Gasteiger partial charge in [-0.2, -0.15) is 0 Å². The maximum absolute atomic E-state index is 12.0. The molecular formula is C13H19NO3. The summed E-state index contributed by atoms with van der Waals surface area (Å²) in [5.41, 5.74) is 0. The number of furan rings is 1. The quantitative estimate of drug-likeness (QED) is 0.837. The van der Waals surface area contributed by atoms with Gasteiger partial charge < -0.3 is 14.8 Å². The van der Waals surface area contributed by atoms with Gasteiger partial charge in [0.25, 0.3) is 0 Å². The Morgan fingerprint density at radius 3 is 3.00 bits per heavy atom. The molecule has 2 unspecified atom stereocenters. The highest BCUT2D eigenvalue weighted by Crippen LogP contribution is 2.29. The zero-order valence-corrected chi connectivity index (χ0v) is 9.89. The third kappa shape index (κ3) is 3.09. The van der Waals surface area contributed by atoms with E-state index >= 15 is 0 Å². The minimum atomic E-state index is -0.0382. The molecule has 1 saturated carbocycles. The molecule has 1 heterocycles. The number of rotatable bonds is 4. The molecule has 4 heteroatoms. The molecule has 2 N–H and O–H groups in total. The van der Waals surface area contributed by atoms with Gasteiger partial charge in [-0.05, 0) is 30.9 Å². The summed E-state index contributed by atoms with van der Waals surface area (Å²) in [6.07, 6.45) is 5.63. The zero-order valence-electron chi connectivity index (χ0n) is 9.89. The summed E-state index contributed by atoms with van der Waals surface area (Å²) in [7, 11) is 0. The van der Waals surface area contributed by atoms with E-state index in [1.807, 2.05) is 6.07 Å². The number of hydrogen-bond donors (Lipinski definition) is 2. The van der Waals surface area contributed by atoms with Crippen LogP contribution in [0.4, 0.5) is 0 Å². The maximum Gasteiger partial charge on any atom is 0.223 e. The standard InChI is InChI=1S/C13H19NO3/c15-9-10-4-1-2-6-12(10)13(16)14-8-11-5-3-7-17-11/h3,5,7,10,12,15H,1-2,4,6,8-9H2,(H,14,16). The van der Waals surface area contributed by atoms with Crippen LogP contribution in [0.5, 0.6) is 0 Å². The van der Waals surface area contributed by atoms with Crippen LogP contribution >= 0.6 is 0 Å². The normalized spacial score (nSPS) is 24.5. The fourth-order valence-electron chi connectivity index (χ4n) is 2.49. The molecule has 4 nitrogen and oxygen atoms in total. The molecular weight excluding hydrogens is 218 g/mol. The van der Waals surface area contributed by atoms with Gasteiger partial charge >= 0.3 is 0 Å². The van der Waals surface area contributed by atoms with E-state index in [1.54, 1.807) is 12.3 Å². The largest absolute Gasteiger partial charge is 0.467 e. The van der Waals surface area contributed by atoms with E-state index in [-0.39, 0.29) is 24.3 Å². The minimum Gasteiger partial charge on any atom is -0.467 e. The van der Waals surface area contributed by atoms with Gasteiger partial charge in [0.1, 0.15) is 5.76 Å². The van der Waals surface area contributed by atoms with Gasteiger partial charge in [0, 0.05) is 12.5 Å². The van der Waals surface area contributed by atoms with Crippen molar-refractivity contribution in [3.63, 3.8) is 0 Å². The fourth-order valence-corrected chi connectivity index (χ4v) is 2.49. The van der Waals surface area contributed by atoms with Crippen LogP contribution in [0.1, 0.15) is 31.4 Å². The molecule has 0 radical (unpaired) electrons. The number of hydrogen-bond acceptors (Lipinski definition) is 3. The second-order valence-electron chi connectivity index (χ2n) is 4.63. The van der Waals surface area contributed by atoms with Gasteiger partial charge in [-0.25, -0.2) is 0 Å². The number of carbonyl (C=O) groups excluding carboxylic acids is 1. The summed E-state index contributed by atoms with van der Waals surface area (Å²) in [5, 5.41) is 12.1. The van der Waals surface area contributed by atoms with Crippen LogP contribution in [-0.4, -0.2) is 17.6 Å². The second kappa shape index (κ2) is 5.87. The first kappa shape index (κ1) is 12.2. The Labute approximate surface area is 101 Å². The number of amides is 1. The number of aliphatic hydroxyl groups excluding tert-OH is 1. The summed E-state index contributed by atoms with van der Waals surface area (Å²) in [4.78, 5) is 12.0. The molecule has 0 aromatic carbocycles. The predicted octanol–water partition coefficient (Wildman–Crippen LogP) is 1.69. The monoisotopic (exact) mass is 237 g/mol. The molecule has 94 valence electrons. The van der Waals surface area contributed by atoms with E-state index in [4.69, 9.17) is 4.42 Å². The molecule has 1 amide bonds. The molecule has 0 aliphatic heterocycles. The number of aliphatic hydroxyl groups is 1. The zero-order chi connectivity index (χ0) is 12.1. The molecule has 1 aliphatic rings. The van der Waals surface area contributed by atoms with Crippen molar-refractivity contribution in [1.29, 1.82) is 0 Å². The molecule has 2 atom stereocenters. The Balaban J connectivity index is 1.85. The molecule has 1 aliphatic carbocycles. The lowest BCUT2D eigenvalue weighted by Gasteiger charge is -2.28. The van der Waals surface area contributed by atoms with Crippen molar-refractivity contribution in [1.82, 2.24) is 5.32 Å². The van der Waals surface area contributed by atoms with Gasteiger partial charge in [-0.15, -0.1) is 0 Å². The Hall–Kier alpha value is -1.29. The molecule has 1 aromatic rings. The first-order chi connectivity index (χ1) is 8.31. The molecule has 17 heavy (non-hydrogen) atoms. The van der Waals surface area contributed by atoms with Crippen molar-refractivity contribution in [2.24, 2.45) is 11.8 Å². The van der Waals surface area contributed by atoms with Gasteiger partial charge in [0.05, 0.1) is 12.8 Å². The van der Waals surface area contributed by atoms with Crippen LogP contribution < -0.4 is 5.32 Å². The lowest BCUT2D eigenvalue weighted by molar-refractivity contribution is -0.128. The van der Waals surface area contributed by atoms with Crippen LogP contribution in [0, 0.1) is 11.8 Å². The highest BCUT2D eigenvalue weighted by Gasteiger charge is 2.30. The summed E-state index contributed by atoms with van der Waals surface area (Å²) < 4.78 is 5.16. The molecule has 1 aromatic heterocycles. The van der Waals surface area contributed by atoms with E-state index in [0.29, 0.717) is 6.54 Å². The third-order valence-corrected chi connectivity index (χ3v) is 3.50. The van der Waals surface area contributed by atoms with Crippen molar-refractivity contribution in [3.8, 4) is 0 Å². The molecule has 0 spiro atoms. The van der Waals surface area contributed by atoms with E-state index in [2.05, 4.69) is 5.32 Å². The van der Waals surface area contributed by atoms with Crippen molar-refractivity contribution in [3.05, 3.63) is 24.2 Å². The lowest BCUT2D eigenvalue weighted by Crippen LogP contribution is -2.37. The van der Waals surface area contributed by atoms with Crippen LogP contribution in [0.15, 0.2) is 22.8 Å². The van der Waals surface area contributed by atoms with Crippen LogP contribution in [0.2, 0.25) is 0 Å². The Morgan fingerprint density at radius 2 is 2.29 bits per heavy atom. The van der Waals surface area contributed by atoms with Crippen LogP contribution in [-0.2, 0) is 11.3 Å². The van der Waals surface area contributed by atoms with E-state index in [9.17, 15) is 9.90 Å². The molecule has 1 fully saturated rings. The fraction of sp³-hybridized carbons (Fsp3) is 0.615. The SMILES string of the molecule is O=C(NCc1ccco1)C1CCCCC1CO. The van der Waals surface area contributed by atoms with Crippen molar-refractivity contribution in [2.45, 2.75) is 32.2 Å². The van der Waals surface area contributed by atoms with Crippen LogP contribution in [0.25, 0.3) is 0 Å². The summed E-state index contributed by atoms with van der Waals surface area (Å²) in [6.45, 7) is 0.541. The van der Waals surface area contributed by atoms with Gasteiger partial charge in [-0.3, -0.25) is 4.79 Å². The van der Waals surface area contributed by atoms with Gasteiger partial charge in [0.15, 0.2) is 0 Å². The third-order valence-electron chi connectivity index (χ3n) is 3.50. The highest BCUT2D eigenvalue weighted by atomic mass is 16.3. The molecule has 0 bridgehead atoms. The molecule has 2 rings (SSSR count). The van der Waals surface area contributed by atoms with E-state index < -0.39 is 0 Å². The second-order valence-corrected chi connectivity index (χ2v) is 4.63. The van der Waals surface area contributed by atoms with Crippen molar-refractivity contribution < 1.29 is 14.3 Å². The predicted molar refractivity (Wildman–Crippen MR) is 63.1 cm³/mol. The Kier molecular flexibility index (Phi) is 4.20. The minimum absolute atomic E-state index is 0.0382. The average Bonchev–Trinajstić information content (AvgIpc) is 2.89. The first-order valence-corrected chi connectivity index (χ1v) is 6.22. The topological polar surface area (TPSA) is 62.5 Å². The Bertz CT molecular complexity index is 348. The first-order valence-electron chi connectivity index (χ1n) is 6.22. The summed E-state index contributed by atoms with van der Waals surface area (Å²) >= 11 is 0. The van der Waals surface area contributed by atoms with Crippen molar-refractivity contribution in [2.75, 3.05) is 6.61 Å². The van der Waals surface area contributed by atoms with Crippen LogP contribution in [0.3, 0.4) is 0 Å². The summed E-state index contributed by atoms with van der Waals surface area (Å²) in [5.74, 6) is 0.888. The van der Waals surface area contributed by atoms with Gasteiger partial charge in [0.2, 0.25) is 5.91 Å². The smallest absolute Gasteiger partial charge is 0.223 e.